The third-order valence-corrected chi connectivity index (χ3v) is 8.01. The minimum atomic E-state index is -1.03. The zero-order valence-corrected chi connectivity index (χ0v) is 23.7. The second-order valence-corrected chi connectivity index (χ2v) is 11.1. The summed E-state index contributed by atoms with van der Waals surface area (Å²) in [6, 6.07) is 13.9. The normalized spacial score (nSPS) is 18.6. The number of hydrogen-bond donors (Lipinski definition) is 2. The fourth-order valence-electron chi connectivity index (χ4n) is 5.12. The first-order valence-electron chi connectivity index (χ1n) is 12.8. The quantitative estimate of drug-likeness (QED) is 0.467. The summed E-state index contributed by atoms with van der Waals surface area (Å²) in [4.78, 5) is 34.8. The number of hydrogen-bond acceptors (Lipinski definition) is 6. The van der Waals surface area contributed by atoms with Crippen molar-refractivity contribution in [1.82, 2.24) is 19.8 Å². The first kappa shape index (κ1) is 26.3. The van der Waals surface area contributed by atoms with Crippen LogP contribution in [0.15, 0.2) is 58.1 Å². The number of fused-ring (bicyclic) bond motifs is 1. The van der Waals surface area contributed by atoms with Gasteiger partial charge in [0.15, 0.2) is 6.23 Å². The third kappa shape index (κ3) is 5.06. The van der Waals surface area contributed by atoms with Gasteiger partial charge < -0.3 is 10.0 Å². The van der Waals surface area contributed by atoms with Gasteiger partial charge in [-0.05, 0) is 68.7 Å². The molecule has 1 fully saturated rings. The number of rotatable bonds is 5. The summed E-state index contributed by atoms with van der Waals surface area (Å²) >= 11 is 3.53. The molecule has 0 spiro atoms. The average Bonchev–Trinajstić information content (AvgIpc) is 3.06. The number of aliphatic hydroxyl groups is 1. The topological polar surface area (TPSA) is 89.0 Å². The van der Waals surface area contributed by atoms with Crippen molar-refractivity contribution in [1.29, 1.82) is 0 Å². The largest absolute Gasteiger partial charge is 0.368 e. The van der Waals surface area contributed by atoms with Gasteiger partial charge in [-0.2, -0.15) is 0 Å². The second-order valence-electron chi connectivity index (χ2n) is 10.2. The predicted octanol–water partition coefficient (Wildman–Crippen LogP) is 4.40. The van der Waals surface area contributed by atoms with E-state index in [4.69, 9.17) is 4.98 Å². The number of benzene rings is 2. The summed E-state index contributed by atoms with van der Waals surface area (Å²) in [6.45, 7) is 11.0. The number of amides is 2. The molecule has 2 aromatic carbocycles. The maximum Gasteiger partial charge on any atom is 0.270 e. The van der Waals surface area contributed by atoms with Crippen LogP contribution >= 0.6 is 15.9 Å². The van der Waals surface area contributed by atoms with E-state index in [1.165, 1.54) is 5.01 Å². The highest BCUT2D eigenvalue weighted by atomic mass is 79.9. The number of aryl methyl sites for hydroxylation is 2. The Bertz CT molecular complexity index is 1460. The molecule has 2 amide bonds. The van der Waals surface area contributed by atoms with E-state index in [0.717, 1.165) is 50.7 Å². The van der Waals surface area contributed by atoms with E-state index in [-0.39, 0.29) is 11.8 Å². The molecule has 1 aromatic heterocycles. The van der Waals surface area contributed by atoms with Crippen molar-refractivity contribution < 1.29 is 14.7 Å². The molecule has 0 bridgehead atoms. The SMILES string of the molecule is CC1=C(C)C(O)N(Nc2cc(CN3CCN(C(=O)c4ccc(C)cc4C)CC3)c3ccc(Br)cc3n2)C1=O. The molecule has 2 aliphatic heterocycles. The zero-order valence-electron chi connectivity index (χ0n) is 22.1. The molecule has 8 nitrogen and oxygen atoms in total. The standard InChI is InChI=1S/C29H32BrN5O3/c1-17-5-7-23(18(2)13-17)29(38)34-11-9-33(10-12-34)16-21-14-26(31-25-15-22(30)6-8-24(21)25)32-35-27(36)19(3)20(4)28(35)37/h5-8,13-15,27,36H,9-12,16H2,1-4H3,(H,31,32). The lowest BCUT2D eigenvalue weighted by Crippen LogP contribution is -2.48. The summed E-state index contributed by atoms with van der Waals surface area (Å²) in [5, 5.41) is 12.8. The first-order valence-corrected chi connectivity index (χ1v) is 13.6. The average molecular weight is 579 g/mol. The molecule has 5 rings (SSSR count). The molecule has 0 radical (unpaired) electrons. The third-order valence-electron chi connectivity index (χ3n) is 7.52. The number of aromatic nitrogens is 1. The van der Waals surface area contributed by atoms with E-state index in [9.17, 15) is 14.7 Å². The molecule has 38 heavy (non-hydrogen) atoms. The smallest absolute Gasteiger partial charge is 0.270 e. The maximum atomic E-state index is 13.1. The van der Waals surface area contributed by atoms with E-state index >= 15 is 0 Å². The number of carbonyl (C=O) groups excluding carboxylic acids is 2. The van der Waals surface area contributed by atoms with Gasteiger partial charge >= 0.3 is 0 Å². The minimum Gasteiger partial charge on any atom is -0.368 e. The Hall–Kier alpha value is -3.27. The highest BCUT2D eigenvalue weighted by molar-refractivity contribution is 9.10. The van der Waals surface area contributed by atoms with Crippen molar-refractivity contribution in [2.75, 3.05) is 31.6 Å². The van der Waals surface area contributed by atoms with E-state index in [1.54, 1.807) is 13.8 Å². The molecule has 1 atom stereocenters. The van der Waals surface area contributed by atoms with Crippen LogP contribution in [0.3, 0.4) is 0 Å². The van der Waals surface area contributed by atoms with Crippen LogP contribution in [0.25, 0.3) is 10.9 Å². The number of hydrazine groups is 1. The molecule has 2 N–H and O–H groups in total. The van der Waals surface area contributed by atoms with Gasteiger partial charge in [-0.25, -0.2) is 9.99 Å². The van der Waals surface area contributed by atoms with E-state index < -0.39 is 6.23 Å². The van der Waals surface area contributed by atoms with Crippen molar-refractivity contribution in [3.63, 3.8) is 0 Å². The molecule has 3 aromatic rings. The van der Waals surface area contributed by atoms with Crippen LogP contribution in [0.4, 0.5) is 5.82 Å². The summed E-state index contributed by atoms with van der Waals surface area (Å²) in [7, 11) is 0. The molecule has 1 saturated heterocycles. The van der Waals surface area contributed by atoms with Gasteiger partial charge in [0.2, 0.25) is 0 Å². The first-order chi connectivity index (χ1) is 18.1. The summed E-state index contributed by atoms with van der Waals surface area (Å²) in [6.07, 6.45) is -1.03. The molecule has 2 aliphatic rings. The van der Waals surface area contributed by atoms with Crippen LogP contribution in [0.1, 0.15) is 40.9 Å². The van der Waals surface area contributed by atoms with Crippen molar-refractivity contribution >= 4 is 44.5 Å². The highest BCUT2D eigenvalue weighted by Crippen LogP contribution is 2.29. The maximum absolute atomic E-state index is 13.1. The number of piperazine rings is 1. The number of carbonyl (C=O) groups is 2. The Morgan fingerprint density at radius 1 is 1.05 bits per heavy atom. The Labute approximate surface area is 231 Å². The van der Waals surface area contributed by atoms with Gasteiger partial charge in [-0.1, -0.05) is 39.7 Å². The molecule has 9 heteroatoms. The van der Waals surface area contributed by atoms with E-state index in [2.05, 4.69) is 32.3 Å². The van der Waals surface area contributed by atoms with Crippen molar-refractivity contribution in [3.8, 4) is 0 Å². The number of nitrogens with one attached hydrogen (secondary N) is 1. The van der Waals surface area contributed by atoms with Crippen LogP contribution in [0.5, 0.6) is 0 Å². The van der Waals surface area contributed by atoms with Gasteiger partial charge in [0.05, 0.1) is 5.52 Å². The number of anilines is 1. The Morgan fingerprint density at radius 3 is 2.45 bits per heavy atom. The number of halogens is 1. The second kappa shape index (κ2) is 10.5. The Morgan fingerprint density at radius 2 is 1.79 bits per heavy atom. The molecular weight excluding hydrogens is 546 g/mol. The lowest BCUT2D eigenvalue weighted by molar-refractivity contribution is -0.129. The zero-order chi connectivity index (χ0) is 27.1. The molecule has 198 valence electrons. The van der Waals surface area contributed by atoms with Crippen LogP contribution in [-0.2, 0) is 11.3 Å². The Balaban J connectivity index is 1.33. The minimum absolute atomic E-state index is 0.0841. The van der Waals surface area contributed by atoms with Crippen LogP contribution < -0.4 is 5.43 Å². The lowest BCUT2D eigenvalue weighted by Gasteiger charge is -2.35. The number of nitrogens with zero attached hydrogens (tertiary/aromatic N) is 4. The molecule has 0 aliphatic carbocycles. The fourth-order valence-corrected chi connectivity index (χ4v) is 5.47. The summed E-state index contributed by atoms with van der Waals surface area (Å²) in [5.41, 5.74) is 8.96. The van der Waals surface area contributed by atoms with E-state index in [0.29, 0.717) is 36.6 Å². The van der Waals surface area contributed by atoms with Crippen LogP contribution in [0, 0.1) is 13.8 Å². The van der Waals surface area contributed by atoms with Gasteiger partial charge in [0.1, 0.15) is 5.82 Å². The molecule has 1 unspecified atom stereocenters. The summed E-state index contributed by atoms with van der Waals surface area (Å²) < 4.78 is 0.907. The van der Waals surface area contributed by atoms with Gasteiger partial charge in [0, 0.05) is 53.7 Å². The molecular formula is C29H32BrN5O3. The van der Waals surface area contributed by atoms with Crippen molar-refractivity contribution in [3.05, 3.63) is 80.3 Å². The monoisotopic (exact) mass is 577 g/mol. The van der Waals surface area contributed by atoms with Crippen LogP contribution in [0.2, 0.25) is 0 Å². The predicted molar refractivity (Wildman–Crippen MR) is 151 cm³/mol. The van der Waals surface area contributed by atoms with Gasteiger partial charge in [-0.3, -0.25) is 19.9 Å². The van der Waals surface area contributed by atoms with Gasteiger partial charge in [0.25, 0.3) is 11.8 Å². The van der Waals surface area contributed by atoms with Gasteiger partial charge in [-0.15, -0.1) is 0 Å². The number of pyridine rings is 1. The summed E-state index contributed by atoms with van der Waals surface area (Å²) in [5.74, 6) is 0.308. The number of aliphatic hydroxyl groups excluding tert-OH is 1. The fraction of sp³-hybridized carbons (Fsp3) is 0.345. The van der Waals surface area contributed by atoms with Crippen LogP contribution in [-0.4, -0.2) is 69.1 Å². The molecule has 0 saturated carbocycles. The van der Waals surface area contributed by atoms with E-state index in [1.807, 2.05) is 55.1 Å². The van der Waals surface area contributed by atoms with Crippen molar-refractivity contribution in [2.45, 2.75) is 40.5 Å². The highest BCUT2D eigenvalue weighted by Gasteiger charge is 2.34. The van der Waals surface area contributed by atoms with Crippen molar-refractivity contribution in [2.24, 2.45) is 0 Å². The lowest BCUT2D eigenvalue weighted by atomic mass is 10.0. The molecule has 3 heterocycles. The Kier molecular flexibility index (Phi) is 7.26.